The topological polar surface area (TPSA) is 101 Å². The van der Waals surface area contributed by atoms with Crippen molar-refractivity contribution in [3.05, 3.63) is 0 Å². The third-order valence-corrected chi connectivity index (χ3v) is 3.53. The summed E-state index contributed by atoms with van der Waals surface area (Å²) in [6.07, 6.45) is 2.23. The molecule has 23 heavy (non-hydrogen) atoms. The fourth-order valence-corrected chi connectivity index (χ4v) is 2.24. The van der Waals surface area contributed by atoms with Crippen molar-refractivity contribution in [1.82, 2.24) is 21.3 Å². The summed E-state index contributed by atoms with van der Waals surface area (Å²) in [7, 11) is 0. The van der Waals surface area contributed by atoms with E-state index in [-0.39, 0.29) is 11.9 Å². The number of carbonyl (C=O) groups excluding carboxylic acids is 2. The molecule has 0 unspecified atom stereocenters. The second-order valence-electron chi connectivity index (χ2n) is 5.54. The smallest absolute Gasteiger partial charge is 0.314 e. The Kier molecular flexibility index (Phi) is 11.2. The molecule has 0 aromatic heterocycles. The lowest BCUT2D eigenvalue weighted by molar-refractivity contribution is -0.119. The highest BCUT2D eigenvalue weighted by Crippen LogP contribution is 2.09. The normalized spacial score (nSPS) is 15.2. The molecule has 0 spiro atoms. The highest BCUT2D eigenvalue weighted by Gasteiger charge is 2.13. The van der Waals surface area contributed by atoms with Crippen LogP contribution in [0, 0.1) is 5.92 Å². The third kappa shape index (κ3) is 11.8. The highest BCUT2D eigenvalue weighted by atomic mass is 16.5. The van der Waals surface area contributed by atoms with E-state index < -0.39 is 0 Å². The lowest BCUT2D eigenvalue weighted by Crippen LogP contribution is -2.41. The minimum atomic E-state index is -0.140. The Morgan fingerprint density at radius 1 is 0.957 bits per heavy atom. The monoisotopic (exact) mass is 330 g/mol. The summed E-state index contributed by atoms with van der Waals surface area (Å²) >= 11 is 0. The number of amides is 3. The first kappa shape index (κ1) is 19.7. The summed E-state index contributed by atoms with van der Waals surface area (Å²) in [6, 6.07) is -0.140. The molecular formula is C15H30N4O4. The average Bonchev–Trinajstić information content (AvgIpc) is 2.55. The molecule has 3 amide bonds. The molecule has 1 aliphatic rings. The van der Waals surface area contributed by atoms with Gasteiger partial charge < -0.3 is 30.7 Å². The van der Waals surface area contributed by atoms with E-state index >= 15 is 0 Å². The van der Waals surface area contributed by atoms with Crippen molar-refractivity contribution >= 4 is 11.9 Å². The van der Waals surface area contributed by atoms with Gasteiger partial charge in [-0.05, 0) is 31.8 Å². The standard InChI is InChI=1S/C15H30N4O4/c1-13(20)17-6-8-22-10-11-23-9-7-18-15(21)19-12-14-2-4-16-5-3-14/h14,16H,2-12H2,1H3,(H,17,20)(H2,18,19,21). The van der Waals surface area contributed by atoms with E-state index in [1.165, 1.54) is 6.92 Å². The number of urea groups is 1. The third-order valence-electron chi connectivity index (χ3n) is 3.53. The minimum absolute atomic E-state index is 0.0608. The van der Waals surface area contributed by atoms with Crippen LogP contribution in [-0.4, -0.2) is 71.1 Å². The minimum Gasteiger partial charge on any atom is -0.377 e. The number of ether oxygens (including phenoxy) is 2. The van der Waals surface area contributed by atoms with Crippen LogP contribution >= 0.6 is 0 Å². The Morgan fingerprint density at radius 2 is 1.57 bits per heavy atom. The van der Waals surface area contributed by atoms with Crippen LogP contribution in [0.2, 0.25) is 0 Å². The molecule has 1 aliphatic heterocycles. The Labute approximate surface area is 138 Å². The van der Waals surface area contributed by atoms with Crippen LogP contribution in [0.5, 0.6) is 0 Å². The molecular weight excluding hydrogens is 300 g/mol. The summed E-state index contributed by atoms with van der Waals surface area (Å²) in [5.74, 6) is 0.516. The predicted octanol–water partition coefficient (Wildman–Crippen LogP) is -0.545. The summed E-state index contributed by atoms with van der Waals surface area (Å²) in [5, 5.41) is 11.6. The maximum absolute atomic E-state index is 11.6. The van der Waals surface area contributed by atoms with Crippen LogP contribution in [0.3, 0.4) is 0 Å². The fourth-order valence-electron chi connectivity index (χ4n) is 2.24. The van der Waals surface area contributed by atoms with Gasteiger partial charge in [0.1, 0.15) is 0 Å². The first-order valence-electron chi connectivity index (χ1n) is 8.31. The van der Waals surface area contributed by atoms with Crippen LogP contribution in [0.25, 0.3) is 0 Å². The van der Waals surface area contributed by atoms with Gasteiger partial charge in [-0.3, -0.25) is 4.79 Å². The number of hydrogen-bond acceptors (Lipinski definition) is 5. The van der Waals surface area contributed by atoms with E-state index in [2.05, 4.69) is 21.3 Å². The molecule has 0 aliphatic carbocycles. The zero-order valence-electron chi connectivity index (χ0n) is 14.0. The molecule has 0 aromatic rings. The Morgan fingerprint density at radius 3 is 2.17 bits per heavy atom. The average molecular weight is 330 g/mol. The van der Waals surface area contributed by atoms with E-state index in [4.69, 9.17) is 9.47 Å². The van der Waals surface area contributed by atoms with E-state index in [9.17, 15) is 9.59 Å². The van der Waals surface area contributed by atoms with Crippen LogP contribution in [0.1, 0.15) is 19.8 Å². The molecule has 0 bridgehead atoms. The number of nitrogens with one attached hydrogen (secondary N) is 4. The molecule has 0 atom stereocenters. The van der Waals surface area contributed by atoms with Crippen LogP contribution in [-0.2, 0) is 14.3 Å². The lowest BCUT2D eigenvalue weighted by atomic mass is 9.98. The Balaban J connectivity index is 1.81. The predicted molar refractivity (Wildman–Crippen MR) is 87.3 cm³/mol. The van der Waals surface area contributed by atoms with Crippen molar-refractivity contribution < 1.29 is 19.1 Å². The highest BCUT2D eigenvalue weighted by molar-refractivity contribution is 5.73. The van der Waals surface area contributed by atoms with Crippen molar-refractivity contribution in [2.75, 3.05) is 59.2 Å². The van der Waals surface area contributed by atoms with Gasteiger partial charge in [0.2, 0.25) is 5.91 Å². The largest absolute Gasteiger partial charge is 0.377 e. The Bertz CT molecular complexity index is 335. The van der Waals surface area contributed by atoms with Gasteiger partial charge in [0.15, 0.2) is 0 Å². The van der Waals surface area contributed by atoms with Gasteiger partial charge in [0, 0.05) is 26.6 Å². The van der Waals surface area contributed by atoms with Crippen molar-refractivity contribution in [3.63, 3.8) is 0 Å². The van der Waals surface area contributed by atoms with Crippen molar-refractivity contribution in [1.29, 1.82) is 0 Å². The molecule has 4 N–H and O–H groups in total. The second kappa shape index (κ2) is 13.1. The number of piperidine rings is 1. The maximum atomic E-state index is 11.6. The van der Waals surface area contributed by atoms with E-state index in [1.807, 2.05) is 0 Å². The van der Waals surface area contributed by atoms with Crippen LogP contribution < -0.4 is 21.3 Å². The first-order valence-corrected chi connectivity index (χ1v) is 8.31. The zero-order chi connectivity index (χ0) is 16.8. The van der Waals surface area contributed by atoms with Crippen molar-refractivity contribution in [3.8, 4) is 0 Å². The molecule has 134 valence electrons. The molecule has 1 rings (SSSR count). The van der Waals surface area contributed by atoms with Crippen molar-refractivity contribution in [2.24, 2.45) is 5.92 Å². The number of carbonyl (C=O) groups is 2. The maximum Gasteiger partial charge on any atom is 0.314 e. The van der Waals surface area contributed by atoms with E-state index in [0.29, 0.717) is 45.4 Å². The molecule has 1 fully saturated rings. The van der Waals surface area contributed by atoms with Crippen molar-refractivity contribution in [2.45, 2.75) is 19.8 Å². The summed E-state index contributed by atoms with van der Waals surface area (Å²) in [6.45, 7) is 7.13. The summed E-state index contributed by atoms with van der Waals surface area (Å²) < 4.78 is 10.6. The molecule has 0 saturated carbocycles. The molecule has 1 saturated heterocycles. The fraction of sp³-hybridized carbons (Fsp3) is 0.867. The second-order valence-corrected chi connectivity index (χ2v) is 5.54. The van der Waals surface area contributed by atoms with E-state index in [0.717, 1.165) is 32.5 Å². The van der Waals surface area contributed by atoms with Gasteiger partial charge in [-0.25, -0.2) is 4.79 Å². The van der Waals surface area contributed by atoms with Gasteiger partial charge in [-0.15, -0.1) is 0 Å². The summed E-state index contributed by atoms with van der Waals surface area (Å²) in [5.41, 5.74) is 0. The number of rotatable bonds is 11. The van der Waals surface area contributed by atoms with Crippen LogP contribution in [0.15, 0.2) is 0 Å². The molecule has 8 nitrogen and oxygen atoms in total. The zero-order valence-corrected chi connectivity index (χ0v) is 14.0. The summed E-state index contributed by atoms with van der Waals surface area (Å²) in [4.78, 5) is 22.2. The van der Waals surface area contributed by atoms with Gasteiger partial charge in [-0.2, -0.15) is 0 Å². The molecule has 0 aromatic carbocycles. The van der Waals surface area contributed by atoms with Gasteiger partial charge >= 0.3 is 6.03 Å². The van der Waals surface area contributed by atoms with Gasteiger partial charge in [0.05, 0.1) is 26.4 Å². The van der Waals surface area contributed by atoms with Crippen LogP contribution in [0.4, 0.5) is 4.79 Å². The first-order chi connectivity index (χ1) is 11.2. The Hall–Kier alpha value is -1.38. The molecule has 1 heterocycles. The quantitative estimate of drug-likeness (QED) is 0.381. The molecule has 0 radical (unpaired) electrons. The van der Waals surface area contributed by atoms with E-state index in [1.54, 1.807) is 0 Å². The molecule has 8 heteroatoms. The number of hydrogen-bond donors (Lipinski definition) is 4. The van der Waals surface area contributed by atoms with Gasteiger partial charge in [0.25, 0.3) is 0 Å². The lowest BCUT2D eigenvalue weighted by Gasteiger charge is -2.22. The van der Waals surface area contributed by atoms with Gasteiger partial charge in [-0.1, -0.05) is 0 Å². The SMILES string of the molecule is CC(=O)NCCOCCOCCNC(=O)NCC1CCNCC1.